The highest BCUT2D eigenvalue weighted by Crippen LogP contribution is 2.35. The third-order valence-corrected chi connectivity index (χ3v) is 7.83. The van der Waals surface area contributed by atoms with Gasteiger partial charge >= 0.3 is 0 Å². The van der Waals surface area contributed by atoms with Crippen LogP contribution in [0.1, 0.15) is 51.4 Å². The lowest BCUT2D eigenvalue weighted by atomic mass is 9.84. The molecule has 0 bridgehead atoms. The number of ether oxygens (including phenoxy) is 1. The standard InChI is InChI=1S/C28H34N4O2S/c1-18(2)26(30)23-16-34-28(4,5)12-22(23)20(13-29)15-31-10-11-32(19(3)14-31)27(33)24-17-35-25-9-7-6-8-21(24)25/h6-9,15,17-19,30H,10-12,14,16H2,1-5H3/t19-/m1/s1. The summed E-state index contributed by atoms with van der Waals surface area (Å²) in [6.45, 7) is 12.4. The van der Waals surface area contributed by atoms with Crippen molar-refractivity contribution < 1.29 is 9.53 Å². The molecule has 0 saturated carbocycles. The van der Waals surface area contributed by atoms with Gasteiger partial charge in [0.15, 0.2) is 0 Å². The average Bonchev–Trinajstić information content (AvgIpc) is 3.25. The largest absolute Gasteiger partial charge is 0.372 e. The number of nitrogens with one attached hydrogen (secondary N) is 1. The number of amides is 1. The predicted octanol–water partition coefficient (Wildman–Crippen LogP) is 5.63. The van der Waals surface area contributed by atoms with Gasteiger partial charge in [0.1, 0.15) is 6.07 Å². The maximum absolute atomic E-state index is 13.4. The quantitative estimate of drug-likeness (QED) is 0.435. The Morgan fingerprint density at radius 2 is 2.03 bits per heavy atom. The molecule has 1 amide bonds. The summed E-state index contributed by atoms with van der Waals surface area (Å²) < 4.78 is 7.12. The second-order valence-corrected chi connectivity index (χ2v) is 11.3. The molecule has 3 heterocycles. The van der Waals surface area contributed by atoms with Crippen LogP contribution >= 0.6 is 11.3 Å². The van der Waals surface area contributed by atoms with Crippen LogP contribution in [0, 0.1) is 22.7 Å². The molecule has 1 fully saturated rings. The van der Waals surface area contributed by atoms with Crippen molar-refractivity contribution in [1.82, 2.24) is 9.80 Å². The second-order valence-electron chi connectivity index (χ2n) is 10.4. The minimum atomic E-state index is -0.381. The van der Waals surface area contributed by atoms with Gasteiger partial charge in [0, 0.05) is 65.0 Å². The fraction of sp³-hybridized carbons (Fsp3) is 0.464. The fourth-order valence-electron chi connectivity index (χ4n) is 4.84. The van der Waals surface area contributed by atoms with Crippen LogP contribution in [0.25, 0.3) is 10.1 Å². The molecule has 0 unspecified atom stereocenters. The molecule has 1 saturated heterocycles. The second kappa shape index (κ2) is 9.96. The van der Waals surface area contributed by atoms with Gasteiger partial charge in [-0.05, 0) is 38.3 Å². The number of nitrogens with zero attached hydrogens (tertiary/aromatic N) is 3. The zero-order valence-electron chi connectivity index (χ0n) is 21.2. The van der Waals surface area contributed by atoms with Gasteiger partial charge in [-0.2, -0.15) is 5.26 Å². The summed E-state index contributed by atoms with van der Waals surface area (Å²) in [5.41, 5.74) is 3.26. The van der Waals surface area contributed by atoms with Crippen molar-refractivity contribution in [3.63, 3.8) is 0 Å². The zero-order chi connectivity index (χ0) is 25.3. The van der Waals surface area contributed by atoms with Crippen LogP contribution < -0.4 is 0 Å². The van der Waals surface area contributed by atoms with Gasteiger partial charge in [-0.1, -0.05) is 32.0 Å². The monoisotopic (exact) mass is 490 g/mol. The van der Waals surface area contributed by atoms with E-state index in [0.29, 0.717) is 43.9 Å². The topological polar surface area (TPSA) is 80.4 Å². The van der Waals surface area contributed by atoms with E-state index in [1.54, 1.807) is 11.3 Å². The molecule has 2 aliphatic rings. The molecular formula is C28H34N4O2S. The molecule has 4 rings (SSSR count). The molecule has 0 aliphatic carbocycles. The fourth-order valence-corrected chi connectivity index (χ4v) is 5.78. The van der Waals surface area contributed by atoms with Crippen molar-refractivity contribution in [1.29, 1.82) is 10.7 Å². The number of hydrogen-bond donors (Lipinski definition) is 1. The van der Waals surface area contributed by atoms with Crippen LogP contribution in [0.2, 0.25) is 0 Å². The highest BCUT2D eigenvalue weighted by atomic mass is 32.1. The molecule has 1 N–H and O–H groups in total. The van der Waals surface area contributed by atoms with Crippen molar-refractivity contribution >= 4 is 33.0 Å². The van der Waals surface area contributed by atoms with Gasteiger partial charge in [0.25, 0.3) is 5.91 Å². The molecule has 6 nitrogen and oxygen atoms in total. The number of hydrogen-bond acceptors (Lipinski definition) is 6. The van der Waals surface area contributed by atoms with E-state index in [1.807, 2.05) is 68.4 Å². The number of piperazine rings is 1. The highest BCUT2D eigenvalue weighted by Gasteiger charge is 2.33. The first-order valence-electron chi connectivity index (χ1n) is 12.2. The first-order valence-corrected chi connectivity index (χ1v) is 13.1. The summed E-state index contributed by atoms with van der Waals surface area (Å²) >= 11 is 1.60. The first-order chi connectivity index (χ1) is 16.6. The molecule has 2 aliphatic heterocycles. The third-order valence-electron chi connectivity index (χ3n) is 6.86. The summed E-state index contributed by atoms with van der Waals surface area (Å²) in [6, 6.07) is 10.4. The molecular weight excluding hydrogens is 456 g/mol. The Morgan fingerprint density at radius 1 is 1.29 bits per heavy atom. The Bertz CT molecular complexity index is 1250. The number of allylic oxidation sites excluding steroid dienone is 1. The molecule has 2 aromatic rings. The van der Waals surface area contributed by atoms with Gasteiger partial charge in [0.2, 0.25) is 0 Å². The molecule has 1 atom stereocenters. The van der Waals surface area contributed by atoms with E-state index in [0.717, 1.165) is 26.8 Å². The maximum atomic E-state index is 13.4. The van der Waals surface area contributed by atoms with E-state index in [1.165, 1.54) is 0 Å². The Kier molecular flexibility index (Phi) is 7.16. The Balaban J connectivity index is 1.55. The van der Waals surface area contributed by atoms with E-state index in [9.17, 15) is 10.1 Å². The third kappa shape index (κ3) is 5.19. The van der Waals surface area contributed by atoms with Crippen LogP contribution in [-0.4, -0.2) is 59.3 Å². The predicted molar refractivity (Wildman–Crippen MR) is 142 cm³/mol. The van der Waals surface area contributed by atoms with E-state index < -0.39 is 0 Å². The molecule has 1 aromatic heterocycles. The Labute approximate surface area is 212 Å². The number of benzene rings is 1. The number of fused-ring (bicyclic) bond motifs is 1. The van der Waals surface area contributed by atoms with Gasteiger partial charge in [-0.3, -0.25) is 4.79 Å². The van der Waals surface area contributed by atoms with Crippen molar-refractivity contribution in [2.45, 2.75) is 52.7 Å². The van der Waals surface area contributed by atoms with E-state index in [4.69, 9.17) is 10.1 Å². The number of thiophene rings is 1. The van der Waals surface area contributed by atoms with Crippen molar-refractivity contribution in [3.8, 4) is 6.07 Å². The van der Waals surface area contributed by atoms with Crippen LogP contribution in [0.15, 0.2) is 52.6 Å². The van der Waals surface area contributed by atoms with E-state index >= 15 is 0 Å². The first kappa shape index (κ1) is 25.2. The Hall–Kier alpha value is -2.95. The lowest BCUT2D eigenvalue weighted by Crippen LogP contribution is -2.52. The van der Waals surface area contributed by atoms with Gasteiger partial charge < -0.3 is 19.9 Å². The van der Waals surface area contributed by atoms with Crippen molar-refractivity contribution in [3.05, 3.63) is 58.1 Å². The molecule has 1 aromatic carbocycles. The summed E-state index contributed by atoms with van der Waals surface area (Å²) in [5, 5.41) is 21.7. The summed E-state index contributed by atoms with van der Waals surface area (Å²) in [5.74, 6) is 0.133. The summed E-state index contributed by atoms with van der Waals surface area (Å²) in [6.07, 6.45) is 2.53. The minimum absolute atomic E-state index is 0.0136. The van der Waals surface area contributed by atoms with Crippen LogP contribution in [0.3, 0.4) is 0 Å². The maximum Gasteiger partial charge on any atom is 0.255 e. The molecule has 35 heavy (non-hydrogen) atoms. The van der Waals surface area contributed by atoms with E-state index in [-0.39, 0.29) is 23.5 Å². The van der Waals surface area contributed by atoms with E-state index in [2.05, 4.69) is 17.9 Å². The number of carbonyl (C=O) groups excluding carboxylic acids is 1. The van der Waals surface area contributed by atoms with Crippen LogP contribution in [0.5, 0.6) is 0 Å². The van der Waals surface area contributed by atoms with Gasteiger partial charge in [-0.15, -0.1) is 11.3 Å². The van der Waals surface area contributed by atoms with Crippen LogP contribution in [-0.2, 0) is 4.74 Å². The lowest BCUT2D eigenvalue weighted by molar-refractivity contribution is -0.0115. The summed E-state index contributed by atoms with van der Waals surface area (Å²) in [7, 11) is 0. The van der Waals surface area contributed by atoms with Crippen LogP contribution in [0.4, 0.5) is 0 Å². The normalized spacial score (nSPS) is 20.9. The number of carbonyl (C=O) groups is 1. The number of rotatable bonds is 5. The Morgan fingerprint density at radius 3 is 2.71 bits per heavy atom. The smallest absolute Gasteiger partial charge is 0.255 e. The zero-order valence-corrected chi connectivity index (χ0v) is 22.0. The SMILES string of the molecule is CC(C)C(=N)C1=C(C(C#N)=CN2CCN(C(=O)c3csc4ccccc34)[C@H](C)C2)CC(C)(C)OC1. The van der Waals surface area contributed by atoms with Crippen molar-refractivity contribution in [2.75, 3.05) is 26.2 Å². The number of nitriles is 1. The average molecular weight is 491 g/mol. The minimum Gasteiger partial charge on any atom is -0.372 e. The van der Waals surface area contributed by atoms with Gasteiger partial charge in [-0.25, -0.2) is 0 Å². The molecule has 7 heteroatoms. The molecule has 184 valence electrons. The highest BCUT2D eigenvalue weighted by molar-refractivity contribution is 7.17. The molecule has 0 radical (unpaired) electrons. The van der Waals surface area contributed by atoms with Gasteiger partial charge in [0.05, 0.1) is 23.3 Å². The molecule has 0 spiro atoms. The summed E-state index contributed by atoms with van der Waals surface area (Å²) in [4.78, 5) is 17.5. The lowest BCUT2D eigenvalue weighted by Gasteiger charge is -2.40. The van der Waals surface area contributed by atoms with Crippen molar-refractivity contribution in [2.24, 2.45) is 5.92 Å².